The van der Waals surface area contributed by atoms with Crippen LogP contribution >= 0.6 is 46.3 Å². The molecular weight excluding hydrogens is 431 g/mol. The molecule has 0 atom stereocenters. The highest BCUT2D eigenvalue weighted by Gasteiger charge is 2.13. The van der Waals surface area contributed by atoms with Crippen LogP contribution in [0.5, 0.6) is 0 Å². The number of hydrogen-bond donors (Lipinski definition) is 1. The van der Waals surface area contributed by atoms with Gasteiger partial charge in [-0.2, -0.15) is 0 Å². The summed E-state index contributed by atoms with van der Waals surface area (Å²) in [5, 5.41) is 4.35. The predicted octanol–water partition coefficient (Wildman–Crippen LogP) is 6.64. The van der Waals surface area contributed by atoms with E-state index in [2.05, 4.69) is 17.2 Å². The van der Waals surface area contributed by atoms with Crippen molar-refractivity contribution in [3.05, 3.63) is 74.2 Å². The molecule has 28 heavy (non-hydrogen) atoms. The molecule has 0 radical (unpaired) electrons. The zero-order valence-electron chi connectivity index (χ0n) is 15.6. The minimum atomic E-state index is -0.0295. The molecule has 7 heteroatoms. The second-order valence-corrected chi connectivity index (χ2v) is 9.40. The Balaban J connectivity index is 1.62. The monoisotopic (exact) mass is 450 g/mol. The van der Waals surface area contributed by atoms with Crippen LogP contribution in [0.15, 0.2) is 46.8 Å². The summed E-state index contributed by atoms with van der Waals surface area (Å²) in [5.41, 5.74) is 3.94. The average Bonchev–Trinajstić information content (AvgIpc) is 3.03. The van der Waals surface area contributed by atoms with E-state index < -0.39 is 0 Å². The van der Waals surface area contributed by atoms with Gasteiger partial charge in [-0.15, -0.1) is 11.3 Å². The third kappa shape index (κ3) is 5.51. The lowest BCUT2D eigenvalue weighted by Gasteiger charge is -2.08. The summed E-state index contributed by atoms with van der Waals surface area (Å²) in [6.07, 6.45) is 1.56. The van der Waals surface area contributed by atoms with Crippen molar-refractivity contribution in [1.29, 1.82) is 0 Å². The molecule has 0 aliphatic heterocycles. The number of para-hydroxylation sites is 1. The van der Waals surface area contributed by atoms with E-state index in [1.165, 1.54) is 11.8 Å². The highest BCUT2D eigenvalue weighted by molar-refractivity contribution is 8.01. The molecule has 0 saturated heterocycles. The van der Waals surface area contributed by atoms with Crippen molar-refractivity contribution >= 4 is 57.9 Å². The van der Waals surface area contributed by atoms with Crippen molar-refractivity contribution in [3.63, 3.8) is 0 Å². The van der Waals surface area contributed by atoms with Crippen molar-refractivity contribution in [2.75, 3.05) is 11.1 Å². The predicted molar refractivity (Wildman–Crippen MR) is 121 cm³/mol. The largest absolute Gasteiger partial charge is 0.325 e. The number of thioether (sulfide) groups is 1. The number of rotatable bonds is 7. The van der Waals surface area contributed by atoms with E-state index in [1.54, 1.807) is 17.4 Å². The van der Waals surface area contributed by atoms with Crippen LogP contribution in [-0.2, 0) is 17.6 Å². The maximum atomic E-state index is 12.3. The van der Waals surface area contributed by atoms with Gasteiger partial charge in [0.1, 0.15) is 0 Å². The topological polar surface area (TPSA) is 42.0 Å². The molecule has 0 aliphatic carbocycles. The van der Waals surface area contributed by atoms with Gasteiger partial charge in [-0.25, -0.2) is 4.98 Å². The lowest BCUT2D eigenvalue weighted by atomic mass is 10.1. The number of amides is 1. The Kier molecular flexibility index (Phi) is 7.41. The number of anilines is 1. The Morgan fingerprint density at radius 3 is 2.75 bits per heavy atom. The molecule has 0 unspecified atom stereocenters. The molecule has 1 aromatic heterocycles. The summed E-state index contributed by atoms with van der Waals surface area (Å²) >= 11 is 15.4. The van der Waals surface area contributed by atoms with Crippen LogP contribution < -0.4 is 5.32 Å². The molecule has 2 aromatic carbocycles. The van der Waals surface area contributed by atoms with Crippen LogP contribution in [0.2, 0.25) is 10.0 Å². The van der Waals surface area contributed by atoms with E-state index >= 15 is 0 Å². The van der Waals surface area contributed by atoms with Crippen molar-refractivity contribution in [1.82, 2.24) is 4.98 Å². The van der Waals surface area contributed by atoms with E-state index in [9.17, 15) is 4.79 Å². The van der Waals surface area contributed by atoms with Crippen LogP contribution in [0.4, 0.5) is 5.69 Å². The van der Waals surface area contributed by atoms with Gasteiger partial charge in [0.15, 0.2) is 4.34 Å². The lowest BCUT2D eigenvalue weighted by molar-refractivity contribution is -0.113. The van der Waals surface area contributed by atoms with Crippen molar-refractivity contribution < 1.29 is 4.79 Å². The number of carbonyl (C=O) groups excluding carboxylic acids is 1. The first-order chi connectivity index (χ1) is 13.5. The fourth-order valence-corrected chi connectivity index (χ4v) is 5.18. The summed E-state index contributed by atoms with van der Waals surface area (Å²) in [7, 11) is 0. The number of aromatic nitrogens is 1. The van der Waals surface area contributed by atoms with E-state index in [4.69, 9.17) is 23.2 Å². The molecule has 0 bridgehead atoms. The van der Waals surface area contributed by atoms with E-state index in [0.717, 1.165) is 38.1 Å². The van der Waals surface area contributed by atoms with Gasteiger partial charge in [0.25, 0.3) is 0 Å². The minimum absolute atomic E-state index is 0.0295. The Bertz CT molecular complexity index is 988. The van der Waals surface area contributed by atoms with E-state index in [-0.39, 0.29) is 5.91 Å². The molecule has 3 aromatic rings. The van der Waals surface area contributed by atoms with Gasteiger partial charge in [0, 0.05) is 27.0 Å². The van der Waals surface area contributed by atoms with Gasteiger partial charge < -0.3 is 5.32 Å². The maximum Gasteiger partial charge on any atom is 0.234 e. The third-order valence-electron chi connectivity index (χ3n) is 4.23. The first kappa shape index (κ1) is 21.2. The highest BCUT2D eigenvalue weighted by Crippen LogP contribution is 2.31. The Hall–Kier alpha value is -1.53. The minimum Gasteiger partial charge on any atom is -0.325 e. The molecule has 1 amide bonds. The summed E-state index contributed by atoms with van der Waals surface area (Å²) in [5.74, 6) is 0.292. The first-order valence-electron chi connectivity index (χ1n) is 8.87. The smallest absolute Gasteiger partial charge is 0.234 e. The Labute approximate surface area is 183 Å². The SMILES string of the molecule is CCc1ccccc1NC(=O)CSc1nc(C)c(Cc2cc(Cl)ccc2Cl)s1. The van der Waals surface area contributed by atoms with Gasteiger partial charge in [-0.1, -0.05) is 60.1 Å². The van der Waals surface area contributed by atoms with Gasteiger partial charge in [0.05, 0.1) is 11.4 Å². The van der Waals surface area contributed by atoms with Crippen molar-refractivity contribution in [2.45, 2.75) is 31.0 Å². The summed E-state index contributed by atoms with van der Waals surface area (Å²) in [4.78, 5) is 18.1. The molecule has 3 rings (SSSR count). The fraction of sp³-hybridized carbons (Fsp3) is 0.238. The van der Waals surface area contributed by atoms with Crippen LogP contribution in [0, 0.1) is 6.92 Å². The fourth-order valence-electron chi connectivity index (χ4n) is 2.74. The molecule has 146 valence electrons. The van der Waals surface area contributed by atoms with Crippen molar-refractivity contribution in [3.8, 4) is 0 Å². The zero-order valence-corrected chi connectivity index (χ0v) is 18.7. The average molecular weight is 451 g/mol. The molecule has 0 saturated carbocycles. The number of nitrogens with one attached hydrogen (secondary N) is 1. The molecule has 1 heterocycles. The highest BCUT2D eigenvalue weighted by atomic mass is 35.5. The molecular formula is C21H20Cl2N2OS2. The van der Waals surface area contributed by atoms with Gasteiger partial charge in [-0.3, -0.25) is 4.79 Å². The second kappa shape index (κ2) is 9.79. The number of aryl methyl sites for hydroxylation is 2. The number of thiazole rings is 1. The summed E-state index contributed by atoms with van der Waals surface area (Å²) in [6.45, 7) is 4.05. The van der Waals surface area contributed by atoms with Crippen LogP contribution in [-0.4, -0.2) is 16.6 Å². The zero-order chi connectivity index (χ0) is 20.1. The third-order valence-corrected chi connectivity index (χ3v) is 7.14. The van der Waals surface area contributed by atoms with Gasteiger partial charge >= 0.3 is 0 Å². The molecule has 0 spiro atoms. The Morgan fingerprint density at radius 1 is 1.18 bits per heavy atom. The summed E-state index contributed by atoms with van der Waals surface area (Å²) < 4.78 is 0.879. The normalized spacial score (nSPS) is 10.9. The molecule has 0 fully saturated rings. The van der Waals surface area contributed by atoms with E-state index in [0.29, 0.717) is 22.2 Å². The standard InChI is InChI=1S/C21H20Cl2N2OS2/c1-3-14-6-4-5-7-18(14)25-20(26)12-27-21-24-13(2)19(28-21)11-15-10-16(22)8-9-17(15)23/h4-10H,3,11-12H2,1-2H3,(H,25,26). The van der Waals surface area contributed by atoms with Crippen LogP contribution in [0.1, 0.15) is 28.6 Å². The van der Waals surface area contributed by atoms with Crippen LogP contribution in [0.25, 0.3) is 0 Å². The number of hydrogen-bond acceptors (Lipinski definition) is 4. The lowest BCUT2D eigenvalue weighted by Crippen LogP contribution is -2.15. The second-order valence-electron chi connectivity index (χ2n) is 6.25. The van der Waals surface area contributed by atoms with Crippen LogP contribution in [0.3, 0.4) is 0 Å². The van der Waals surface area contributed by atoms with E-state index in [1.807, 2.05) is 43.3 Å². The molecule has 0 aliphatic rings. The number of carbonyl (C=O) groups is 1. The molecule has 3 nitrogen and oxygen atoms in total. The number of halogens is 2. The maximum absolute atomic E-state index is 12.3. The number of nitrogens with zero attached hydrogens (tertiary/aromatic N) is 1. The first-order valence-corrected chi connectivity index (χ1v) is 11.4. The quantitative estimate of drug-likeness (QED) is 0.410. The van der Waals surface area contributed by atoms with Gasteiger partial charge in [-0.05, 0) is 48.7 Å². The van der Waals surface area contributed by atoms with Gasteiger partial charge in [0.2, 0.25) is 5.91 Å². The Morgan fingerprint density at radius 2 is 1.96 bits per heavy atom. The summed E-state index contributed by atoms with van der Waals surface area (Å²) in [6, 6.07) is 13.3. The van der Waals surface area contributed by atoms with Crippen molar-refractivity contribution in [2.24, 2.45) is 0 Å². The molecule has 1 N–H and O–H groups in total. The number of benzene rings is 2.